The van der Waals surface area contributed by atoms with Gasteiger partial charge in [-0.1, -0.05) is 11.3 Å². The van der Waals surface area contributed by atoms with Gasteiger partial charge in [0.05, 0.1) is 29.0 Å². The molecule has 7 nitrogen and oxygen atoms in total. The maximum absolute atomic E-state index is 12.0. The highest BCUT2D eigenvalue weighted by Crippen LogP contribution is 2.39. The molecule has 0 saturated heterocycles. The van der Waals surface area contributed by atoms with Gasteiger partial charge in [-0.25, -0.2) is 9.20 Å². The molecule has 1 unspecified atom stereocenters. The van der Waals surface area contributed by atoms with E-state index in [1.54, 1.807) is 6.92 Å². The van der Waals surface area contributed by atoms with Gasteiger partial charge in [-0.2, -0.15) is 5.10 Å². The van der Waals surface area contributed by atoms with Crippen LogP contribution in [0.1, 0.15) is 54.7 Å². The van der Waals surface area contributed by atoms with Gasteiger partial charge in [-0.15, -0.1) is 5.10 Å². The number of pyridine rings is 1. The molecule has 26 heavy (non-hydrogen) atoms. The SMILES string of the molecule is CC(=O)NC1(c2cn(C3CC3)nn2)CCc2nn3cc(C)ccc3c2C1. The Kier molecular flexibility index (Phi) is 3.23. The molecule has 0 aliphatic heterocycles. The Morgan fingerprint density at radius 1 is 1.31 bits per heavy atom. The van der Waals surface area contributed by atoms with Crippen molar-refractivity contribution in [3.63, 3.8) is 0 Å². The molecule has 3 aromatic heterocycles. The molecule has 5 rings (SSSR count). The summed E-state index contributed by atoms with van der Waals surface area (Å²) in [4.78, 5) is 12.0. The van der Waals surface area contributed by atoms with Gasteiger partial charge in [-0.3, -0.25) is 4.79 Å². The molecule has 0 bridgehead atoms. The number of aryl methyl sites for hydroxylation is 2. The lowest BCUT2D eigenvalue weighted by molar-refractivity contribution is -0.121. The summed E-state index contributed by atoms with van der Waals surface area (Å²) in [5.74, 6) is -0.0401. The maximum Gasteiger partial charge on any atom is 0.217 e. The zero-order valence-electron chi connectivity index (χ0n) is 15.1. The molecule has 3 heterocycles. The second-order valence-electron chi connectivity index (χ2n) is 7.72. The molecule has 7 heteroatoms. The molecule has 1 saturated carbocycles. The third-order valence-electron chi connectivity index (χ3n) is 5.57. The second kappa shape index (κ2) is 5.40. The Morgan fingerprint density at radius 2 is 2.15 bits per heavy atom. The summed E-state index contributed by atoms with van der Waals surface area (Å²) in [6.45, 7) is 3.64. The largest absolute Gasteiger partial charge is 0.345 e. The fourth-order valence-corrected chi connectivity index (χ4v) is 4.11. The summed E-state index contributed by atoms with van der Waals surface area (Å²) in [7, 11) is 0. The van der Waals surface area contributed by atoms with E-state index in [4.69, 9.17) is 5.10 Å². The van der Waals surface area contributed by atoms with Crippen LogP contribution in [-0.4, -0.2) is 30.5 Å². The Labute approximate surface area is 151 Å². The smallest absolute Gasteiger partial charge is 0.217 e. The predicted octanol–water partition coefficient (Wildman–Crippen LogP) is 2.09. The monoisotopic (exact) mass is 350 g/mol. The minimum Gasteiger partial charge on any atom is -0.345 e. The van der Waals surface area contributed by atoms with Crippen LogP contribution < -0.4 is 5.32 Å². The van der Waals surface area contributed by atoms with E-state index < -0.39 is 5.54 Å². The molecule has 2 aliphatic rings. The summed E-state index contributed by atoms with van der Waals surface area (Å²) >= 11 is 0. The maximum atomic E-state index is 12.0. The summed E-state index contributed by atoms with van der Waals surface area (Å²) in [6, 6.07) is 4.70. The van der Waals surface area contributed by atoms with Gasteiger partial charge in [0.2, 0.25) is 5.91 Å². The predicted molar refractivity (Wildman–Crippen MR) is 95.7 cm³/mol. The number of carbonyl (C=O) groups is 1. The molecule has 0 aromatic carbocycles. The first-order valence-electron chi connectivity index (χ1n) is 9.22. The molecule has 1 amide bonds. The van der Waals surface area contributed by atoms with Crippen molar-refractivity contribution >= 4 is 11.4 Å². The van der Waals surface area contributed by atoms with Crippen LogP contribution in [0.4, 0.5) is 0 Å². The zero-order valence-corrected chi connectivity index (χ0v) is 15.1. The average Bonchev–Trinajstić information content (AvgIpc) is 3.21. The second-order valence-corrected chi connectivity index (χ2v) is 7.72. The van der Waals surface area contributed by atoms with E-state index in [2.05, 4.69) is 40.9 Å². The van der Waals surface area contributed by atoms with Crippen molar-refractivity contribution in [2.45, 2.75) is 57.5 Å². The number of fused-ring (bicyclic) bond motifs is 3. The van der Waals surface area contributed by atoms with Crippen molar-refractivity contribution in [1.82, 2.24) is 29.9 Å². The Bertz CT molecular complexity index is 1010. The van der Waals surface area contributed by atoms with Crippen LogP contribution in [0, 0.1) is 6.92 Å². The van der Waals surface area contributed by atoms with Crippen LogP contribution in [0.5, 0.6) is 0 Å². The van der Waals surface area contributed by atoms with Crippen molar-refractivity contribution < 1.29 is 4.79 Å². The topological polar surface area (TPSA) is 77.1 Å². The summed E-state index contributed by atoms with van der Waals surface area (Å²) in [5.41, 5.74) is 4.95. The number of hydrogen-bond donors (Lipinski definition) is 1. The number of aromatic nitrogens is 5. The van der Waals surface area contributed by atoms with Crippen molar-refractivity contribution in [3.05, 3.63) is 47.0 Å². The number of rotatable bonds is 3. The Hall–Kier alpha value is -2.70. The molecular formula is C19H22N6O. The third-order valence-corrected chi connectivity index (χ3v) is 5.57. The Balaban J connectivity index is 1.60. The molecule has 0 radical (unpaired) electrons. The molecule has 134 valence electrons. The lowest BCUT2D eigenvalue weighted by Crippen LogP contribution is -2.49. The quantitative estimate of drug-likeness (QED) is 0.785. The summed E-state index contributed by atoms with van der Waals surface area (Å²) < 4.78 is 3.92. The lowest BCUT2D eigenvalue weighted by atomic mass is 9.78. The average molecular weight is 350 g/mol. The first-order chi connectivity index (χ1) is 12.5. The molecule has 2 aliphatic carbocycles. The van der Waals surface area contributed by atoms with E-state index in [1.807, 2.05) is 15.4 Å². The van der Waals surface area contributed by atoms with Crippen LogP contribution in [0.2, 0.25) is 0 Å². The minimum atomic E-state index is -0.514. The number of carbonyl (C=O) groups excluding carboxylic acids is 1. The van der Waals surface area contributed by atoms with Crippen LogP contribution in [0.25, 0.3) is 5.52 Å². The lowest BCUT2D eigenvalue weighted by Gasteiger charge is -2.35. The van der Waals surface area contributed by atoms with Crippen LogP contribution in [0.15, 0.2) is 24.5 Å². The van der Waals surface area contributed by atoms with Crippen molar-refractivity contribution in [3.8, 4) is 0 Å². The first kappa shape index (κ1) is 15.5. The zero-order chi connectivity index (χ0) is 17.9. The van der Waals surface area contributed by atoms with Gasteiger partial charge in [0.1, 0.15) is 5.69 Å². The van der Waals surface area contributed by atoms with E-state index in [1.165, 1.54) is 11.1 Å². The molecule has 1 fully saturated rings. The van der Waals surface area contributed by atoms with Crippen molar-refractivity contribution in [2.75, 3.05) is 0 Å². The van der Waals surface area contributed by atoms with Crippen molar-refractivity contribution in [2.24, 2.45) is 0 Å². The van der Waals surface area contributed by atoms with E-state index >= 15 is 0 Å². The van der Waals surface area contributed by atoms with Gasteiger partial charge in [0.15, 0.2) is 0 Å². The molecule has 0 spiro atoms. The molecular weight excluding hydrogens is 328 g/mol. The highest BCUT2D eigenvalue weighted by molar-refractivity contribution is 5.74. The number of nitrogens with one attached hydrogen (secondary N) is 1. The summed E-state index contributed by atoms with van der Waals surface area (Å²) in [6.07, 6.45) is 8.68. The molecule has 1 atom stereocenters. The number of nitrogens with zero attached hydrogens (tertiary/aromatic N) is 5. The fraction of sp³-hybridized carbons (Fsp3) is 0.474. The van der Waals surface area contributed by atoms with E-state index in [-0.39, 0.29) is 5.91 Å². The van der Waals surface area contributed by atoms with Crippen LogP contribution in [-0.2, 0) is 23.2 Å². The molecule has 3 aromatic rings. The highest BCUT2D eigenvalue weighted by atomic mass is 16.1. The van der Waals surface area contributed by atoms with Crippen molar-refractivity contribution in [1.29, 1.82) is 0 Å². The number of amides is 1. The highest BCUT2D eigenvalue weighted by Gasteiger charge is 2.42. The summed E-state index contributed by atoms with van der Waals surface area (Å²) in [5, 5.41) is 16.7. The van der Waals surface area contributed by atoms with E-state index in [0.29, 0.717) is 12.5 Å². The van der Waals surface area contributed by atoms with Gasteiger partial charge < -0.3 is 5.32 Å². The molecule has 1 N–H and O–H groups in total. The van der Waals surface area contributed by atoms with Gasteiger partial charge >= 0.3 is 0 Å². The van der Waals surface area contributed by atoms with Gasteiger partial charge in [0, 0.05) is 25.1 Å². The standard InChI is InChI=1S/C19H22N6O/c1-12-3-6-17-15-9-19(20-13(2)26,8-7-16(15)22-25(17)10-12)18-11-24(23-21-18)14-4-5-14/h3,6,10-11,14H,4-5,7-9H2,1-2H3,(H,20,26). The minimum absolute atomic E-state index is 0.0401. The normalized spacial score (nSPS) is 22.4. The number of hydrogen-bond acceptors (Lipinski definition) is 4. The Morgan fingerprint density at radius 3 is 2.92 bits per heavy atom. The van der Waals surface area contributed by atoms with E-state index in [0.717, 1.165) is 42.6 Å². The first-order valence-corrected chi connectivity index (χ1v) is 9.22. The van der Waals surface area contributed by atoms with Crippen LogP contribution >= 0.6 is 0 Å². The van der Waals surface area contributed by atoms with E-state index in [9.17, 15) is 4.79 Å². The fourth-order valence-electron chi connectivity index (χ4n) is 4.11. The van der Waals surface area contributed by atoms with Gasteiger partial charge in [0.25, 0.3) is 0 Å². The van der Waals surface area contributed by atoms with Crippen LogP contribution in [0.3, 0.4) is 0 Å². The third kappa shape index (κ3) is 2.41. The van der Waals surface area contributed by atoms with Gasteiger partial charge in [-0.05, 0) is 44.2 Å².